The number of hydrogen-bond donors (Lipinski definition) is 0. The fourth-order valence-electron chi connectivity index (χ4n) is 1.79. The number of amides is 1. The summed E-state index contributed by atoms with van der Waals surface area (Å²) in [6.07, 6.45) is 6.25. The molecule has 0 aliphatic heterocycles. The van der Waals surface area contributed by atoms with E-state index in [1.54, 1.807) is 25.5 Å². The molecule has 0 fully saturated rings. The number of thiazole rings is 1. The molecule has 0 N–H and O–H groups in total. The van der Waals surface area contributed by atoms with Gasteiger partial charge in [0.15, 0.2) is 5.15 Å². The predicted molar refractivity (Wildman–Crippen MR) is 81.8 cm³/mol. The van der Waals surface area contributed by atoms with Crippen LogP contribution in [0.25, 0.3) is 10.6 Å². The van der Waals surface area contributed by atoms with E-state index in [9.17, 15) is 4.79 Å². The number of pyridine rings is 1. The summed E-state index contributed by atoms with van der Waals surface area (Å²) in [5.41, 5.74) is 1.32. The molecule has 3 rings (SSSR count). The average molecular weight is 320 g/mol. The van der Waals surface area contributed by atoms with Gasteiger partial charge in [-0.3, -0.25) is 9.78 Å². The minimum atomic E-state index is -0.202. The predicted octanol–water partition coefficient (Wildman–Crippen LogP) is 3.73. The molecular weight excluding hydrogens is 310 g/mol. The molecule has 0 atom stereocenters. The van der Waals surface area contributed by atoms with Gasteiger partial charge in [-0.2, -0.15) is 0 Å². The van der Waals surface area contributed by atoms with Gasteiger partial charge in [-0.1, -0.05) is 22.9 Å². The standard InChI is InChI=1S/C14H10ClN3O2S/c1-18(13(19)10-4-6-20-8-10)14-11(15)17-12(21-14)9-3-2-5-16-7-9/h2-8H,1H3. The Kier molecular flexibility index (Phi) is 3.72. The third kappa shape index (κ3) is 2.68. The number of anilines is 1. The van der Waals surface area contributed by atoms with Crippen molar-refractivity contribution in [2.45, 2.75) is 0 Å². The molecule has 3 aromatic heterocycles. The van der Waals surface area contributed by atoms with Gasteiger partial charge in [-0.15, -0.1) is 0 Å². The lowest BCUT2D eigenvalue weighted by molar-refractivity contribution is 0.0993. The zero-order valence-electron chi connectivity index (χ0n) is 11.0. The smallest absolute Gasteiger partial charge is 0.261 e. The monoisotopic (exact) mass is 319 g/mol. The van der Waals surface area contributed by atoms with Crippen LogP contribution in [0.5, 0.6) is 0 Å². The SMILES string of the molecule is CN(C(=O)c1ccoc1)c1sc(-c2cccnc2)nc1Cl. The van der Waals surface area contributed by atoms with E-state index in [0.29, 0.717) is 10.6 Å². The molecule has 0 aliphatic rings. The van der Waals surface area contributed by atoms with Gasteiger partial charge in [0.2, 0.25) is 0 Å². The van der Waals surface area contributed by atoms with Crippen LogP contribution in [0.3, 0.4) is 0 Å². The van der Waals surface area contributed by atoms with Crippen molar-refractivity contribution in [3.05, 3.63) is 53.8 Å². The van der Waals surface area contributed by atoms with E-state index in [0.717, 1.165) is 10.6 Å². The topological polar surface area (TPSA) is 59.2 Å². The molecule has 0 saturated carbocycles. The normalized spacial score (nSPS) is 10.6. The third-order valence-electron chi connectivity index (χ3n) is 2.86. The van der Waals surface area contributed by atoms with E-state index in [4.69, 9.17) is 16.0 Å². The Morgan fingerprint density at radius 2 is 2.29 bits per heavy atom. The largest absolute Gasteiger partial charge is 0.472 e. The molecule has 0 aliphatic carbocycles. The van der Waals surface area contributed by atoms with Gasteiger partial charge in [0.1, 0.15) is 16.3 Å². The van der Waals surface area contributed by atoms with Crippen LogP contribution in [0, 0.1) is 0 Å². The molecular formula is C14H10ClN3O2S. The van der Waals surface area contributed by atoms with Gasteiger partial charge < -0.3 is 9.32 Å². The molecule has 0 radical (unpaired) electrons. The first-order chi connectivity index (χ1) is 10.2. The number of furan rings is 1. The van der Waals surface area contributed by atoms with E-state index >= 15 is 0 Å². The van der Waals surface area contributed by atoms with Crippen LogP contribution in [0.1, 0.15) is 10.4 Å². The van der Waals surface area contributed by atoms with Crippen LogP contribution in [0.4, 0.5) is 5.00 Å². The van der Waals surface area contributed by atoms with E-state index in [1.165, 1.54) is 28.8 Å². The number of rotatable bonds is 3. The van der Waals surface area contributed by atoms with Crippen LogP contribution in [-0.2, 0) is 0 Å². The van der Waals surface area contributed by atoms with Gasteiger partial charge >= 0.3 is 0 Å². The van der Waals surface area contributed by atoms with Crippen molar-refractivity contribution in [2.24, 2.45) is 0 Å². The molecule has 3 aromatic rings. The van der Waals surface area contributed by atoms with Crippen molar-refractivity contribution in [3.63, 3.8) is 0 Å². The van der Waals surface area contributed by atoms with Crippen molar-refractivity contribution in [2.75, 3.05) is 11.9 Å². The maximum absolute atomic E-state index is 12.3. The number of carbonyl (C=O) groups excluding carboxylic acids is 1. The summed E-state index contributed by atoms with van der Waals surface area (Å²) in [6, 6.07) is 5.32. The summed E-state index contributed by atoms with van der Waals surface area (Å²) in [4.78, 5) is 22.1. The second-order valence-electron chi connectivity index (χ2n) is 4.23. The van der Waals surface area contributed by atoms with Gasteiger partial charge in [0.25, 0.3) is 5.91 Å². The second-order valence-corrected chi connectivity index (χ2v) is 5.57. The molecule has 0 aromatic carbocycles. The van der Waals surface area contributed by atoms with Crippen molar-refractivity contribution in [1.82, 2.24) is 9.97 Å². The number of carbonyl (C=O) groups is 1. The zero-order chi connectivity index (χ0) is 14.8. The third-order valence-corrected chi connectivity index (χ3v) is 4.41. The molecule has 0 spiro atoms. The molecule has 7 heteroatoms. The maximum Gasteiger partial charge on any atom is 0.261 e. The summed E-state index contributed by atoms with van der Waals surface area (Å²) in [7, 11) is 1.65. The summed E-state index contributed by atoms with van der Waals surface area (Å²) >= 11 is 7.49. The number of nitrogens with zero attached hydrogens (tertiary/aromatic N) is 3. The highest BCUT2D eigenvalue weighted by molar-refractivity contribution is 7.19. The second kappa shape index (κ2) is 5.67. The van der Waals surface area contributed by atoms with Crippen LogP contribution < -0.4 is 4.90 Å². The van der Waals surface area contributed by atoms with E-state index < -0.39 is 0 Å². The van der Waals surface area contributed by atoms with E-state index in [-0.39, 0.29) is 11.1 Å². The fourth-order valence-corrected chi connectivity index (χ4v) is 3.07. The first-order valence-electron chi connectivity index (χ1n) is 6.04. The van der Waals surface area contributed by atoms with Gasteiger partial charge in [0.05, 0.1) is 11.8 Å². The lowest BCUT2D eigenvalue weighted by Gasteiger charge is -2.13. The quantitative estimate of drug-likeness (QED) is 0.738. The average Bonchev–Trinajstić information content (AvgIpc) is 3.16. The molecule has 3 heterocycles. The summed E-state index contributed by atoms with van der Waals surface area (Å²) < 4.78 is 4.93. The maximum atomic E-state index is 12.3. The lowest BCUT2D eigenvalue weighted by atomic mass is 10.3. The molecule has 0 bridgehead atoms. The highest BCUT2D eigenvalue weighted by Gasteiger charge is 2.21. The fraction of sp³-hybridized carbons (Fsp3) is 0.0714. The molecule has 21 heavy (non-hydrogen) atoms. The number of hydrogen-bond acceptors (Lipinski definition) is 5. The van der Waals surface area contributed by atoms with Crippen LogP contribution in [0.15, 0.2) is 47.5 Å². The first kappa shape index (κ1) is 13.8. The van der Waals surface area contributed by atoms with Crippen LogP contribution >= 0.6 is 22.9 Å². The Morgan fingerprint density at radius 1 is 1.43 bits per heavy atom. The number of aromatic nitrogens is 2. The molecule has 106 valence electrons. The Hall–Kier alpha value is -2.18. The van der Waals surface area contributed by atoms with E-state index in [2.05, 4.69) is 9.97 Å². The van der Waals surface area contributed by atoms with Crippen molar-refractivity contribution < 1.29 is 9.21 Å². The van der Waals surface area contributed by atoms with Gasteiger partial charge in [-0.25, -0.2) is 4.98 Å². The highest BCUT2D eigenvalue weighted by atomic mass is 35.5. The minimum Gasteiger partial charge on any atom is -0.472 e. The Bertz CT molecular complexity index is 756. The van der Waals surface area contributed by atoms with Crippen molar-refractivity contribution in [3.8, 4) is 10.6 Å². The van der Waals surface area contributed by atoms with Crippen molar-refractivity contribution >= 4 is 33.8 Å². The summed E-state index contributed by atoms with van der Waals surface area (Å²) in [5, 5.41) is 1.59. The molecule has 5 nitrogen and oxygen atoms in total. The lowest BCUT2D eigenvalue weighted by Crippen LogP contribution is -2.25. The molecule has 1 amide bonds. The molecule has 0 unspecified atom stereocenters. The Labute approximate surface area is 129 Å². The minimum absolute atomic E-state index is 0.202. The van der Waals surface area contributed by atoms with Crippen LogP contribution in [-0.4, -0.2) is 22.9 Å². The first-order valence-corrected chi connectivity index (χ1v) is 7.23. The van der Waals surface area contributed by atoms with Crippen molar-refractivity contribution in [1.29, 1.82) is 0 Å². The Morgan fingerprint density at radius 3 is 2.95 bits per heavy atom. The number of halogens is 1. The highest BCUT2D eigenvalue weighted by Crippen LogP contribution is 2.37. The molecule has 0 saturated heterocycles. The Balaban J connectivity index is 1.93. The summed E-state index contributed by atoms with van der Waals surface area (Å²) in [5.74, 6) is -0.202. The van der Waals surface area contributed by atoms with Gasteiger partial charge in [-0.05, 0) is 18.2 Å². The summed E-state index contributed by atoms with van der Waals surface area (Å²) in [6.45, 7) is 0. The zero-order valence-corrected chi connectivity index (χ0v) is 12.6. The van der Waals surface area contributed by atoms with E-state index in [1.807, 2.05) is 12.1 Å². The van der Waals surface area contributed by atoms with Crippen LogP contribution in [0.2, 0.25) is 5.15 Å². The van der Waals surface area contributed by atoms with Gasteiger partial charge in [0, 0.05) is 25.0 Å².